The number of amides is 1. The van der Waals surface area contributed by atoms with Crippen LogP contribution in [0.25, 0.3) is 0 Å². The summed E-state index contributed by atoms with van der Waals surface area (Å²) in [6.45, 7) is 0.637. The van der Waals surface area contributed by atoms with Gasteiger partial charge in [0.15, 0.2) is 11.6 Å². The number of benzene rings is 4. The summed E-state index contributed by atoms with van der Waals surface area (Å²) in [5.74, 6) is 0.914. The number of hydrogen-bond acceptors (Lipinski definition) is 6. The molecule has 222 valence electrons. The average Bonchev–Trinajstić information content (AvgIpc) is 3.43. The number of carbonyl (C=O) groups excluding carboxylic acids is 1. The van der Waals surface area contributed by atoms with Gasteiger partial charge in [0.05, 0.1) is 13.7 Å². The molecule has 0 saturated heterocycles. The predicted octanol–water partition coefficient (Wildman–Crippen LogP) is 6.17. The van der Waals surface area contributed by atoms with Crippen molar-refractivity contribution in [1.29, 1.82) is 0 Å². The Morgan fingerprint density at radius 2 is 1.79 bits per heavy atom. The summed E-state index contributed by atoms with van der Waals surface area (Å²) in [4.78, 5) is 19.4. The van der Waals surface area contributed by atoms with Crippen LogP contribution in [-0.4, -0.2) is 42.8 Å². The maximum atomic E-state index is 14.4. The van der Waals surface area contributed by atoms with Crippen LogP contribution in [0.5, 0.6) is 11.5 Å². The summed E-state index contributed by atoms with van der Waals surface area (Å²) in [5, 5.41) is 12.1. The summed E-state index contributed by atoms with van der Waals surface area (Å²) < 4.78 is 32.1. The van der Waals surface area contributed by atoms with E-state index in [1.807, 2.05) is 72.8 Å². The molecule has 1 heterocycles. The normalized spacial score (nSPS) is 17.6. The number of aliphatic hydroxyl groups is 1. The van der Waals surface area contributed by atoms with Gasteiger partial charge in [0.1, 0.15) is 17.3 Å². The minimum absolute atomic E-state index is 0.0528. The van der Waals surface area contributed by atoms with Gasteiger partial charge in [0.25, 0.3) is 5.91 Å². The van der Waals surface area contributed by atoms with Gasteiger partial charge in [0.2, 0.25) is 5.90 Å². The van der Waals surface area contributed by atoms with E-state index in [1.54, 1.807) is 19.2 Å². The largest absolute Gasteiger partial charge is 0.497 e. The second-order valence-corrected chi connectivity index (χ2v) is 11.0. The van der Waals surface area contributed by atoms with Gasteiger partial charge >= 0.3 is 0 Å². The molecule has 1 amide bonds. The number of rotatable bonds is 12. The first-order valence-electron chi connectivity index (χ1n) is 13.9. The van der Waals surface area contributed by atoms with Crippen molar-refractivity contribution in [2.24, 2.45) is 4.99 Å². The standard InChI is InChI=1S/C34H32BrFN2O5/c1-41-29-8-4-7-25(20-29)31-34(21-26-6-2-3-9-30(26)35,33(40)37-22-23-10-14-27(36)15-11-23)38-32(43-31)24-12-16-28(17-13-24)42-19-5-18-39/h2-4,6-17,20,31,39H,5,18-19,21-22H2,1H3,(H,37,40)/t31-,34-/m1/s1. The molecule has 7 nitrogen and oxygen atoms in total. The number of aliphatic imine (C=N–C) groups is 1. The van der Waals surface area contributed by atoms with E-state index in [1.165, 1.54) is 12.1 Å². The van der Waals surface area contributed by atoms with Crippen molar-refractivity contribution in [2.75, 3.05) is 20.3 Å². The maximum Gasteiger partial charge on any atom is 0.252 e. The molecule has 2 N–H and O–H groups in total. The predicted molar refractivity (Wildman–Crippen MR) is 166 cm³/mol. The van der Waals surface area contributed by atoms with E-state index in [0.717, 1.165) is 21.2 Å². The molecule has 2 atom stereocenters. The molecule has 0 radical (unpaired) electrons. The van der Waals surface area contributed by atoms with E-state index in [0.29, 0.717) is 36.0 Å². The van der Waals surface area contributed by atoms with Crippen molar-refractivity contribution in [1.82, 2.24) is 5.32 Å². The minimum atomic E-state index is -1.40. The smallest absolute Gasteiger partial charge is 0.252 e. The summed E-state index contributed by atoms with van der Waals surface area (Å²) in [5.41, 5.74) is 1.65. The maximum absolute atomic E-state index is 14.4. The lowest BCUT2D eigenvalue weighted by atomic mass is 9.82. The first-order chi connectivity index (χ1) is 20.9. The summed E-state index contributed by atoms with van der Waals surface area (Å²) in [6.07, 6.45) is -0.0275. The zero-order chi connectivity index (χ0) is 30.2. The van der Waals surface area contributed by atoms with E-state index in [-0.39, 0.29) is 31.3 Å². The van der Waals surface area contributed by atoms with E-state index in [9.17, 15) is 9.18 Å². The zero-order valence-corrected chi connectivity index (χ0v) is 25.2. The minimum Gasteiger partial charge on any atom is -0.497 e. The van der Waals surface area contributed by atoms with Gasteiger partial charge < -0.3 is 24.6 Å². The summed E-state index contributed by atoms with van der Waals surface area (Å²) in [7, 11) is 1.59. The van der Waals surface area contributed by atoms with E-state index in [4.69, 9.17) is 24.3 Å². The van der Waals surface area contributed by atoms with Crippen LogP contribution in [0.3, 0.4) is 0 Å². The topological polar surface area (TPSA) is 89.4 Å². The van der Waals surface area contributed by atoms with E-state index >= 15 is 0 Å². The van der Waals surface area contributed by atoms with Crippen LogP contribution in [0.15, 0.2) is 107 Å². The average molecular weight is 648 g/mol. The van der Waals surface area contributed by atoms with Gasteiger partial charge in [-0.3, -0.25) is 4.79 Å². The third kappa shape index (κ3) is 7.06. The Balaban J connectivity index is 1.57. The van der Waals surface area contributed by atoms with Crippen molar-refractivity contribution in [3.63, 3.8) is 0 Å². The molecule has 0 aliphatic carbocycles. The van der Waals surface area contributed by atoms with Crippen LogP contribution in [0, 0.1) is 5.82 Å². The van der Waals surface area contributed by atoms with Gasteiger partial charge in [-0.25, -0.2) is 9.38 Å². The Bertz CT molecular complexity index is 1580. The first kappa shape index (κ1) is 30.3. The van der Waals surface area contributed by atoms with Gasteiger partial charge in [-0.1, -0.05) is 58.4 Å². The third-order valence-corrected chi connectivity index (χ3v) is 7.98. The van der Waals surface area contributed by atoms with E-state index < -0.39 is 11.6 Å². The highest BCUT2D eigenvalue weighted by molar-refractivity contribution is 9.10. The fourth-order valence-electron chi connectivity index (χ4n) is 4.96. The Labute approximate surface area is 258 Å². The molecule has 0 unspecified atom stereocenters. The van der Waals surface area contributed by atoms with Crippen LogP contribution in [0.4, 0.5) is 4.39 Å². The Kier molecular flexibility index (Phi) is 9.74. The molecule has 0 bridgehead atoms. The number of nitrogens with zero attached hydrogens (tertiary/aromatic N) is 1. The fraction of sp³-hybridized carbons (Fsp3) is 0.235. The number of nitrogens with one attached hydrogen (secondary N) is 1. The molecule has 0 fully saturated rings. The third-order valence-electron chi connectivity index (χ3n) is 7.21. The highest BCUT2D eigenvalue weighted by atomic mass is 79.9. The van der Waals surface area contributed by atoms with Gasteiger partial charge in [-0.2, -0.15) is 0 Å². The molecule has 43 heavy (non-hydrogen) atoms. The molecule has 0 saturated carbocycles. The molecule has 1 aliphatic rings. The lowest BCUT2D eigenvalue weighted by Gasteiger charge is -2.31. The molecule has 5 rings (SSSR count). The number of hydrogen-bond donors (Lipinski definition) is 2. The van der Waals surface area contributed by atoms with Crippen LogP contribution < -0.4 is 14.8 Å². The van der Waals surface area contributed by atoms with Crippen molar-refractivity contribution in [3.8, 4) is 11.5 Å². The molecule has 4 aromatic carbocycles. The van der Waals surface area contributed by atoms with Crippen LogP contribution in [0.1, 0.15) is 34.8 Å². The molecular formula is C34H32BrFN2O5. The number of methoxy groups -OCH3 is 1. The zero-order valence-electron chi connectivity index (χ0n) is 23.6. The molecule has 1 aliphatic heterocycles. The quantitative estimate of drug-likeness (QED) is 0.180. The van der Waals surface area contributed by atoms with Gasteiger partial charge in [0, 0.05) is 36.0 Å². The molecule has 0 spiro atoms. The lowest BCUT2D eigenvalue weighted by molar-refractivity contribution is -0.129. The number of ether oxygens (including phenoxy) is 3. The van der Waals surface area contributed by atoms with Crippen molar-refractivity contribution in [2.45, 2.75) is 31.0 Å². The monoisotopic (exact) mass is 646 g/mol. The lowest BCUT2D eigenvalue weighted by Crippen LogP contribution is -2.49. The SMILES string of the molecule is COc1cccc([C@H]2OC(c3ccc(OCCCO)cc3)=N[C@@]2(Cc2ccccc2Br)C(=O)NCc2ccc(F)cc2)c1. The van der Waals surface area contributed by atoms with Crippen LogP contribution in [0.2, 0.25) is 0 Å². The van der Waals surface area contributed by atoms with Crippen molar-refractivity contribution < 1.29 is 28.5 Å². The molecule has 0 aromatic heterocycles. The summed E-state index contributed by atoms with van der Waals surface area (Å²) >= 11 is 3.65. The van der Waals surface area contributed by atoms with Crippen molar-refractivity contribution in [3.05, 3.63) is 130 Å². The second-order valence-electron chi connectivity index (χ2n) is 10.1. The molecule has 9 heteroatoms. The first-order valence-corrected chi connectivity index (χ1v) is 14.7. The second kappa shape index (κ2) is 13.8. The number of carbonyl (C=O) groups is 1. The van der Waals surface area contributed by atoms with Crippen LogP contribution >= 0.6 is 15.9 Å². The fourth-order valence-corrected chi connectivity index (χ4v) is 5.38. The summed E-state index contributed by atoms with van der Waals surface area (Å²) in [6, 6.07) is 28.4. The van der Waals surface area contributed by atoms with Gasteiger partial charge in [-0.05, 0) is 71.3 Å². The van der Waals surface area contributed by atoms with Crippen molar-refractivity contribution >= 4 is 27.7 Å². The highest BCUT2D eigenvalue weighted by Gasteiger charge is 2.53. The Hall–Kier alpha value is -4.21. The van der Waals surface area contributed by atoms with Gasteiger partial charge in [-0.15, -0.1) is 0 Å². The Morgan fingerprint density at radius 3 is 2.51 bits per heavy atom. The Morgan fingerprint density at radius 1 is 1.02 bits per heavy atom. The van der Waals surface area contributed by atoms with Crippen LogP contribution in [-0.2, 0) is 22.5 Å². The number of halogens is 2. The number of aliphatic hydroxyl groups excluding tert-OH is 1. The molecular weight excluding hydrogens is 615 g/mol. The highest BCUT2D eigenvalue weighted by Crippen LogP contribution is 2.44. The molecule has 4 aromatic rings. The van der Waals surface area contributed by atoms with E-state index in [2.05, 4.69) is 21.2 Å².